The quantitative estimate of drug-likeness (QED) is 0.0261. The van der Waals surface area contributed by atoms with Gasteiger partial charge < -0.3 is 14.2 Å². The van der Waals surface area contributed by atoms with E-state index in [0.29, 0.717) is 19.3 Å². The number of hydrogen-bond donors (Lipinski definition) is 0. The molecule has 0 saturated carbocycles. The van der Waals surface area contributed by atoms with Crippen LogP contribution in [0.25, 0.3) is 0 Å². The van der Waals surface area contributed by atoms with Gasteiger partial charge in [0.05, 0.1) is 0 Å². The average molecular weight is 1110 g/mol. The van der Waals surface area contributed by atoms with Crippen LogP contribution in [0, 0.1) is 0 Å². The molecule has 0 rings (SSSR count). The lowest BCUT2D eigenvalue weighted by Crippen LogP contribution is -2.30. The third kappa shape index (κ3) is 65.2. The number of carbonyl (C=O) groups is 3. The Hall–Kier alpha value is -5.49. The minimum Gasteiger partial charge on any atom is -0.462 e. The van der Waals surface area contributed by atoms with Gasteiger partial charge in [0.1, 0.15) is 13.2 Å². The number of rotatable bonds is 56. The molecular weight excluding hydrogens is 997 g/mol. The SMILES string of the molecule is CC/C=C\C/C=C\C/C=C\C/C=C\C/C=C\C/C=C\C/C=C\C/C=C\C/C=C\CCCC(=O)OCC(COC(=O)CCCCCCCCC/C=C\C/C=C\C/C=C\CC)OC(=O)CCCCCCCCC/C=C\C/C=C\C/C=C\CC. The predicted octanol–water partition coefficient (Wildman–Crippen LogP) is 22.4. The first-order chi connectivity index (χ1) is 40.0. The van der Waals surface area contributed by atoms with Crippen LogP contribution in [-0.4, -0.2) is 37.2 Å². The summed E-state index contributed by atoms with van der Waals surface area (Å²) in [6.45, 7) is 6.23. The number of hydrogen-bond acceptors (Lipinski definition) is 6. The molecule has 0 aliphatic heterocycles. The van der Waals surface area contributed by atoms with E-state index in [-0.39, 0.29) is 37.5 Å². The summed E-state index contributed by atoms with van der Waals surface area (Å²) in [5.41, 5.74) is 0. The van der Waals surface area contributed by atoms with Crippen LogP contribution in [0.5, 0.6) is 0 Å². The van der Waals surface area contributed by atoms with Gasteiger partial charge in [0.25, 0.3) is 0 Å². The maximum Gasteiger partial charge on any atom is 0.306 e. The molecule has 0 spiro atoms. The van der Waals surface area contributed by atoms with Crippen LogP contribution in [0.4, 0.5) is 0 Å². The molecule has 0 aromatic heterocycles. The largest absolute Gasteiger partial charge is 0.462 e. The summed E-state index contributed by atoms with van der Waals surface area (Å²) >= 11 is 0. The molecule has 0 aliphatic carbocycles. The van der Waals surface area contributed by atoms with Crippen LogP contribution >= 0.6 is 0 Å². The maximum absolute atomic E-state index is 12.9. The molecule has 6 nitrogen and oxygen atoms in total. The predicted molar refractivity (Wildman–Crippen MR) is 352 cm³/mol. The Morgan fingerprint density at radius 3 is 0.741 bits per heavy atom. The van der Waals surface area contributed by atoms with Crippen molar-refractivity contribution >= 4 is 17.9 Å². The highest BCUT2D eigenvalue weighted by Gasteiger charge is 2.19. The van der Waals surface area contributed by atoms with Gasteiger partial charge in [-0.2, -0.15) is 0 Å². The van der Waals surface area contributed by atoms with Crippen LogP contribution in [0.15, 0.2) is 182 Å². The van der Waals surface area contributed by atoms with Crippen molar-refractivity contribution < 1.29 is 28.6 Å². The van der Waals surface area contributed by atoms with Crippen molar-refractivity contribution in [2.75, 3.05) is 13.2 Å². The van der Waals surface area contributed by atoms with E-state index in [1.165, 1.54) is 44.9 Å². The molecule has 0 fully saturated rings. The maximum atomic E-state index is 12.9. The van der Waals surface area contributed by atoms with Crippen molar-refractivity contribution in [1.82, 2.24) is 0 Å². The molecule has 0 saturated heterocycles. The zero-order chi connectivity index (χ0) is 58.5. The fourth-order valence-electron chi connectivity index (χ4n) is 8.18. The summed E-state index contributed by atoms with van der Waals surface area (Å²) in [6.07, 6.45) is 100. The molecule has 81 heavy (non-hydrogen) atoms. The second kappa shape index (κ2) is 67.0. The van der Waals surface area contributed by atoms with Crippen molar-refractivity contribution in [2.24, 2.45) is 0 Å². The van der Waals surface area contributed by atoms with Gasteiger partial charge in [0, 0.05) is 19.3 Å². The van der Waals surface area contributed by atoms with Crippen LogP contribution in [0.2, 0.25) is 0 Å². The zero-order valence-electron chi connectivity index (χ0n) is 51.7. The van der Waals surface area contributed by atoms with Crippen molar-refractivity contribution in [1.29, 1.82) is 0 Å². The number of unbranched alkanes of at least 4 members (excludes halogenated alkanes) is 15. The number of allylic oxidation sites excluding steroid dienone is 30. The van der Waals surface area contributed by atoms with Gasteiger partial charge in [-0.15, -0.1) is 0 Å². The lowest BCUT2D eigenvalue weighted by Gasteiger charge is -2.18. The minimum absolute atomic E-state index is 0.114. The molecule has 0 aromatic carbocycles. The smallest absolute Gasteiger partial charge is 0.306 e. The van der Waals surface area contributed by atoms with E-state index >= 15 is 0 Å². The molecule has 0 radical (unpaired) electrons. The van der Waals surface area contributed by atoms with E-state index in [4.69, 9.17) is 14.2 Å². The van der Waals surface area contributed by atoms with Crippen molar-refractivity contribution in [3.8, 4) is 0 Å². The lowest BCUT2D eigenvalue weighted by atomic mass is 10.1. The van der Waals surface area contributed by atoms with Gasteiger partial charge in [-0.3, -0.25) is 14.4 Å². The van der Waals surface area contributed by atoms with Gasteiger partial charge in [-0.1, -0.05) is 267 Å². The normalized spacial score (nSPS) is 13.4. The van der Waals surface area contributed by atoms with Crippen LogP contribution in [-0.2, 0) is 28.6 Å². The van der Waals surface area contributed by atoms with Crippen LogP contribution in [0.3, 0.4) is 0 Å². The molecule has 0 aliphatic rings. The molecular formula is C75H116O6. The highest BCUT2D eigenvalue weighted by atomic mass is 16.6. The first-order valence-electron chi connectivity index (χ1n) is 32.3. The molecule has 0 N–H and O–H groups in total. The van der Waals surface area contributed by atoms with Gasteiger partial charge in [0.2, 0.25) is 0 Å². The van der Waals surface area contributed by atoms with E-state index in [2.05, 4.69) is 203 Å². The summed E-state index contributed by atoms with van der Waals surface area (Å²) < 4.78 is 16.9. The Balaban J connectivity index is 4.51. The second-order valence-corrected chi connectivity index (χ2v) is 20.5. The third-order valence-corrected chi connectivity index (χ3v) is 12.9. The summed E-state index contributed by atoms with van der Waals surface area (Å²) in [5.74, 6) is -1.00. The van der Waals surface area contributed by atoms with Crippen molar-refractivity contribution in [2.45, 2.75) is 258 Å². The molecule has 0 amide bonds. The van der Waals surface area contributed by atoms with Gasteiger partial charge >= 0.3 is 17.9 Å². The highest BCUT2D eigenvalue weighted by molar-refractivity contribution is 5.71. The van der Waals surface area contributed by atoms with E-state index in [1.807, 2.05) is 0 Å². The van der Waals surface area contributed by atoms with E-state index in [0.717, 1.165) is 161 Å². The zero-order valence-corrected chi connectivity index (χ0v) is 51.7. The number of ether oxygens (including phenoxy) is 3. The minimum atomic E-state index is -0.823. The Morgan fingerprint density at radius 1 is 0.247 bits per heavy atom. The standard InChI is InChI=1S/C75H116O6/c1-4-7-10-13-16-19-22-25-28-31-32-33-34-35-36-37-38-39-40-41-42-45-47-50-53-56-59-62-65-68-74(77)80-71-72(81-75(78)69-66-63-60-57-54-51-48-44-30-27-24-21-18-15-12-9-6-3)70-79-73(76)67-64-61-58-55-52-49-46-43-29-26-23-20-17-14-11-8-5-2/h7-12,16-21,25-30,32-33,35-36,38-39,41-42,47,50,56,59,72H,4-6,13-15,22-24,31,34,37,40,43-46,48-49,51-55,57-58,60-71H2,1-3H3/b10-7-,11-8-,12-9-,19-16-,20-17-,21-18-,28-25-,29-26-,30-27-,33-32-,36-35-,39-38-,42-41-,50-47-,59-56-. The third-order valence-electron chi connectivity index (χ3n) is 12.9. The fourth-order valence-corrected chi connectivity index (χ4v) is 8.18. The highest BCUT2D eigenvalue weighted by Crippen LogP contribution is 2.14. The summed E-state index contributed by atoms with van der Waals surface area (Å²) in [7, 11) is 0. The topological polar surface area (TPSA) is 78.9 Å². The lowest BCUT2D eigenvalue weighted by molar-refractivity contribution is -0.167. The fraction of sp³-hybridized carbons (Fsp3) is 0.560. The Kier molecular flexibility index (Phi) is 62.5. The van der Waals surface area contributed by atoms with Crippen molar-refractivity contribution in [3.05, 3.63) is 182 Å². The van der Waals surface area contributed by atoms with E-state index in [1.54, 1.807) is 0 Å². The van der Waals surface area contributed by atoms with Crippen LogP contribution in [0.1, 0.15) is 252 Å². The molecule has 0 heterocycles. The first-order valence-corrected chi connectivity index (χ1v) is 32.3. The monoisotopic (exact) mass is 1110 g/mol. The van der Waals surface area contributed by atoms with E-state index < -0.39 is 6.10 Å². The van der Waals surface area contributed by atoms with Crippen molar-refractivity contribution in [3.63, 3.8) is 0 Å². The van der Waals surface area contributed by atoms with Gasteiger partial charge in [0.15, 0.2) is 6.10 Å². The Labute approximate surface area is 497 Å². The molecule has 1 unspecified atom stereocenters. The summed E-state index contributed by atoms with van der Waals surface area (Å²) in [6, 6.07) is 0. The van der Waals surface area contributed by atoms with Gasteiger partial charge in [-0.05, 0) is 148 Å². The summed E-state index contributed by atoms with van der Waals surface area (Å²) in [4.78, 5) is 38.3. The Morgan fingerprint density at radius 2 is 0.457 bits per heavy atom. The van der Waals surface area contributed by atoms with E-state index in [9.17, 15) is 14.4 Å². The first kappa shape index (κ1) is 75.5. The van der Waals surface area contributed by atoms with Crippen LogP contribution < -0.4 is 0 Å². The summed E-state index contributed by atoms with van der Waals surface area (Å²) in [5, 5.41) is 0. The Bertz CT molecular complexity index is 1900. The molecule has 1 atom stereocenters. The second-order valence-electron chi connectivity index (χ2n) is 20.5. The molecule has 6 heteroatoms. The molecule has 0 aromatic rings. The number of esters is 3. The molecule has 0 bridgehead atoms. The van der Waals surface area contributed by atoms with Gasteiger partial charge in [-0.25, -0.2) is 0 Å². The average Bonchev–Trinajstić information content (AvgIpc) is 3.47. The molecule has 452 valence electrons. The number of carbonyl (C=O) groups excluding carboxylic acids is 3.